The van der Waals surface area contributed by atoms with E-state index in [-0.39, 0.29) is 11.9 Å². The predicted octanol–water partition coefficient (Wildman–Crippen LogP) is 1.04. The van der Waals surface area contributed by atoms with E-state index in [1.54, 1.807) is 12.4 Å². The van der Waals surface area contributed by atoms with E-state index < -0.39 is 0 Å². The first-order valence-electron chi connectivity index (χ1n) is 6.08. The topological polar surface area (TPSA) is 45.2 Å². The molecule has 0 spiro atoms. The lowest BCUT2D eigenvalue weighted by atomic mass is 10.1. The number of rotatable bonds is 2. The number of nitrogens with zero attached hydrogens (tertiary/aromatic N) is 2. The third kappa shape index (κ3) is 3.03. The van der Waals surface area contributed by atoms with Crippen molar-refractivity contribution in [3.8, 4) is 0 Å². The largest absolute Gasteiger partial charge is 0.337 e. The summed E-state index contributed by atoms with van der Waals surface area (Å²) in [5.41, 5.74) is 1.13. The monoisotopic (exact) mass is 233 g/mol. The average molecular weight is 233 g/mol. The van der Waals surface area contributed by atoms with Crippen LogP contribution in [-0.2, 0) is 11.3 Å². The van der Waals surface area contributed by atoms with Gasteiger partial charge < -0.3 is 10.2 Å². The number of nitrogens with one attached hydrogen (secondary N) is 1. The Morgan fingerprint density at radius 2 is 2.12 bits per heavy atom. The molecule has 0 saturated carbocycles. The number of hydrogen-bond donors (Lipinski definition) is 1. The fourth-order valence-corrected chi connectivity index (χ4v) is 2.12. The Hall–Kier alpha value is -1.42. The molecule has 17 heavy (non-hydrogen) atoms. The number of carbonyl (C=O) groups is 1. The molecular formula is C13H19N3O. The lowest BCUT2D eigenvalue weighted by Crippen LogP contribution is -2.41. The molecule has 0 bridgehead atoms. The highest BCUT2D eigenvalue weighted by Crippen LogP contribution is 2.11. The van der Waals surface area contributed by atoms with Gasteiger partial charge in [0.15, 0.2) is 0 Å². The Morgan fingerprint density at radius 1 is 1.41 bits per heavy atom. The van der Waals surface area contributed by atoms with Crippen LogP contribution in [0.4, 0.5) is 0 Å². The molecule has 1 aromatic rings. The lowest BCUT2D eigenvalue weighted by molar-refractivity contribution is -0.133. The lowest BCUT2D eigenvalue weighted by Gasteiger charge is -2.24. The molecule has 1 aliphatic rings. The van der Waals surface area contributed by atoms with E-state index in [9.17, 15) is 4.79 Å². The molecule has 2 heterocycles. The Morgan fingerprint density at radius 3 is 2.82 bits per heavy atom. The summed E-state index contributed by atoms with van der Waals surface area (Å²) in [5.74, 6) is 0.678. The molecular weight excluding hydrogens is 214 g/mol. The second-order valence-corrected chi connectivity index (χ2v) is 4.81. The molecule has 92 valence electrons. The number of hydrogen-bond acceptors (Lipinski definition) is 3. The van der Waals surface area contributed by atoms with Gasteiger partial charge in [0.2, 0.25) is 5.91 Å². The standard InChI is InChI=1S/C13H19N3O/c1-10-7-15-11(2)13(17)16(8-10)9-12-3-5-14-6-4-12/h3-6,10-11,15H,7-9H2,1-2H3. The van der Waals surface area contributed by atoms with Crippen LogP contribution in [0.2, 0.25) is 0 Å². The van der Waals surface area contributed by atoms with Gasteiger partial charge in [0.1, 0.15) is 0 Å². The number of aromatic nitrogens is 1. The van der Waals surface area contributed by atoms with Gasteiger partial charge in [0, 0.05) is 32.0 Å². The average Bonchev–Trinajstić information content (AvgIpc) is 2.45. The first-order valence-corrected chi connectivity index (χ1v) is 6.08. The van der Waals surface area contributed by atoms with Crippen LogP contribution in [0.5, 0.6) is 0 Å². The Bertz CT molecular complexity index is 380. The van der Waals surface area contributed by atoms with Gasteiger partial charge in [-0.1, -0.05) is 6.92 Å². The zero-order valence-corrected chi connectivity index (χ0v) is 10.4. The molecule has 2 unspecified atom stereocenters. The minimum absolute atomic E-state index is 0.0817. The van der Waals surface area contributed by atoms with Crippen molar-refractivity contribution in [2.45, 2.75) is 26.4 Å². The molecule has 1 fully saturated rings. The van der Waals surface area contributed by atoms with Gasteiger partial charge in [0.05, 0.1) is 6.04 Å². The quantitative estimate of drug-likeness (QED) is 0.830. The number of amides is 1. The minimum Gasteiger partial charge on any atom is -0.337 e. The minimum atomic E-state index is -0.0817. The summed E-state index contributed by atoms with van der Waals surface area (Å²) >= 11 is 0. The van der Waals surface area contributed by atoms with E-state index in [2.05, 4.69) is 17.2 Å². The second kappa shape index (κ2) is 5.27. The molecule has 1 aliphatic heterocycles. The van der Waals surface area contributed by atoms with Crippen molar-refractivity contribution in [2.24, 2.45) is 5.92 Å². The zero-order valence-electron chi connectivity index (χ0n) is 10.4. The third-order valence-electron chi connectivity index (χ3n) is 3.11. The Kier molecular flexibility index (Phi) is 3.74. The van der Waals surface area contributed by atoms with Crippen LogP contribution in [0, 0.1) is 5.92 Å². The van der Waals surface area contributed by atoms with Gasteiger partial charge in [-0.3, -0.25) is 9.78 Å². The van der Waals surface area contributed by atoms with Crippen molar-refractivity contribution in [2.75, 3.05) is 13.1 Å². The first kappa shape index (κ1) is 12.0. The normalized spacial score (nSPS) is 25.8. The zero-order chi connectivity index (χ0) is 12.3. The van der Waals surface area contributed by atoms with Gasteiger partial charge >= 0.3 is 0 Å². The van der Waals surface area contributed by atoms with Gasteiger partial charge in [-0.25, -0.2) is 0 Å². The van der Waals surface area contributed by atoms with E-state index in [4.69, 9.17) is 0 Å². The summed E-state index contributed by atoms with van der Waals surface area (Å²) < 4.78 is 0. The molecule has 4 heteroatoms. The van der Waals surface area contributed by atoms with Gasteiger partial charge in [-0.2, -0.15) is 0 Å². The van der Waals surface area contributed by atoms with Crippen molar-refractivity contribution in [3.05, 3.63) is 30.1 Å². The van der Waals surface area contributed by atoms with Gasteiger partial charge in [0.25, 0.3) is 0 Å². The molecule has 1 amide bonds. The maximum absolute atomic E-state index is 12.1. The SMILES string of the molecule is CC1CNC(C)C(=O)N(Cc2ccncc2)C1. The molecule has 2 atom stereocenters. The summed E-state index contributed by atoms with van der Waals surface area (Å²) in [6, 6.07) is 3.84. The molecule has 1 saturated heterocycles. The smallest absolute Gasteiger partial charge is 0.239 e. The van der Waals surface area contributed by atoms with E-state index in [0.717, 1.165) is 18.7 Å². The molecule has 1 aromatic heterocycles. The second-order valence-electron chi connectivity index (χ2n) is 4.81. The van der Waals surface area contributed by atoms with Crippen molar-refractivity contribution in [3.63, 3.8) is 0 Å². The summed E-state index contributed by atoms with van der Waals surface area (Å²) in [5, 5.41) is 3.26. The predicted molar refractivity (Wildman–Crippen MR) is 66.3 cm³/mol. The summed E-state index contributed by atoms with van der Waals surface area (Å²) in [7, 11) is 0. The maximum atomic E-state index is 12.1. The van der Waals surface area contributed by atoms with E-state index >= 15 is 0 Å². The number of carbonyl (C=O) groups excluding carboxylic acids is 1. The highest BCUT2D eigenvalue weighted by molar-refractivity contribution is 5.81. The molecule has 0 radical (unpaired) electrons. The van der Waals surface area contributed by atoms with Crippen molar-refractivity contribution >= 4 is 5.91 Å². The van der Waals surface area contributed by atoms with Crippen LogP contribution in [0.25, 0.3) is 0 Å². The van der Waals surface area contributed by atoms with E-state index in [0.29, 0.717) is 12.5 Å². The van der Waals surface area contributed by atoms with Crippen LogP contribution < -0.4 is 5.32 Å². The van der Waals surface area contributed by atoms with E-state index in [1.165, 1.54) is 0 Å². The van der Waals surface area contributed by atoms with E-state index in [1.807, 2.05) is 24.0 Å². The van der Waals surface area contributed by atoms with Crippen LogP contribution >= 0.6 is 0 Å². The highest BCUT2D eigenvalue weighted by Gasteiger charge is 2.25. The summed E-state index contributed by atoms with van der Waals surface area (Å²) in [6.07, 6.45) is 3.53. The molecule has 2 rings (SSSR count). The van der Waals surface area contributed by atoms with Crippen molar-refractivity contribution in [1.29, 1.82) is 0 Å². The highest BCUT2D eigenvalue weighted by atomic mass is 16.2. The van der Waals surface area contributed by atoms with Crippen LogP contribution in [0.1, 0.15) is 19.4 Å². The molecule has 0 aliphatic carbocycles. The molecule has 0 aromatic carbocycles. The Balaban J connectivity index is 2.09. The third-order valence-corrected chi connectivity index (χ3v) is 3.11. The van der Waals surface area contributed by atoms with Gasteiger partial charge in [-0.05, 0) is 30.5 Å². The van der Waals surface area contributed by atoms with Crippen LogP contribution in [-0.4, -0.2) is 34.9 Å². The fourth-order valence-electron chi connectivity index (χ4n) is 2.12. The first-order chi connectivity index (χ1) is 8.16. The molecule has 4 nitrogen and oxygen atoms in total. The van der Waals surface area contributed by atoms with Crippen molar-refractivity contribution in [1.82, 2.24) is 15.2 Å². The fraction of sp³-hybridized carbons (Fsp3) is 0.538. The van der Waals surface area contributed by atoms with Crippen LogP contribution in [0.15, 0.2) is 24.5 Å². The van der Waals surface area contributed by atoms with Crippen molar-refractivity contribution < 1.29 is 4.79 Å². The number of pyridine rings is 1. The summed E-state index contributed by atoms with van der Waals surface area (Å²) in [4.78, 5) is 18.1. The maximum Gasteiger partial charge on any atom is 0.239 e. The van der Waals surface area contributed by atoms with Gasteiger partial charge in [-0.15, -0.1) is 0 Å². The van der Waals surface area contributed by atoms with Crippen LogP contribution in [0.3, 0.4) is 0 Å². The summed E-state index contributed by atoms with van der Waals surface area (Å²) in [6.45, 7) is 6.49. The Labute approximate surface area is 102 Å². The molecule has 1 N–H and O–H groups in total.